The molecule has 29 heavy (non-hydrogen) atoms. The quantitative estimate of drug-likeness (QED) is 0.519. The number of carbonyl (C=O) groups excluding carboxylic acids is 1. The van der Waals surface area contributed by atoms with Crippen LogP contribution in [0, 0.1) is 5.92 Å². The molecule has 3 atom stereocenters. The fourth-order valence-corrected chi connectivity index (χ4v) is 5.71. The molecule has 6 heteroatoms. The lowest BCUT2D eigenvalue weighted by molar-refractivity contribution is -0.129. The van der Waals surface area contributed by atoms with Gasteiger partial charge in [0.25, 0.3) is 5.91 Å². The van der Waals surface area contributed by atoms with E-state index >= 15 is 0 Å². The molecule has 1 amide bonds. The predicted molar refractivity (Wildman–Crippen MR) is 124 cm³/mol. The van der Waals surface area contributed by atoms with Crippen molar-refractivity contribution in [3.8, 4) is 0 Å². The second kappa shape index (κ2) is 9.03. The highest BCUT2D eigenvalue weighted by molar-refractivity contribution is 8.05. The van der Waals surface area contributed by atoms with E-state index in [1.165, 1.54) is 12.8 Å². The van der Waals surface area contributed by atoms with Crippen molar-refractivity contribution in [3.63, 3.8) is 0 Å². The normalized spacial score (nSPS) is 26.2. The van der Waals surface area contributed by atoms with Gasteiger partial charge in [0, 0.05) is 11.7 Å². The van der Waals surface area contributed by atoms with Gasteiger partial charge in [-0.2, -0.15) is 0 Å². The maximum Gasteiger partial charge on any atom is 0.262 e. The summed E-state index contributed by atoms with van der Waals surface area (Å²) < 4.78 is 0. The second-order valence-electron chi connectivity index (χ2n) is 7.67. The molecular weight excluding hydrogens is 423 g/mol. The number of nitrogens with zero attached hydrogens (tertiary/aromatic N) is 1. The summed E-state index contributed by atoms with van der Waals surface area (Å²) >= 11 is 14.1. The van der Waals surface area contributed by atoms with Crippen LogP contribution in [-0.2, 0) is 4.79 Å². The van der Waals surface area contributed by atoms with Crippen LogP contribution in [0.2, 0.25) is 10.0 Å². The van der Waals surface area contributed by atoms with E-state index in [9.17, 15) is 4.79 Å². The van der Waals surface area contributed by atoms with Gasteiger partial charge in [-0.1, -0.05) is 85.1 Å². The van der Waals surface area contributed by atoms with Crippen LogP contribution in [0.25, 0.3) is 6.08 Å². The van der Waals surface area contributed by atoms with Crippen LogP contribution in [0.1, 0.15) is 38.2 Å². The van der Waals surface area contributed by atoms with Gasteiger partial charge in [0.1, 0.15) is 0 Å². The molecule has 0 aromatic heterocycles. The Morgan fingerprint density at radius 3 is 2.59 bits per heavy atom. The summed E-state index contributed by atoms with van der Waals surface area (Å²) in [5.74, 6) is 0.556. The van der Waals surface area contributed by atoms with Gasteiger partial charge in [0.15, 0.2) is 5.50 Å². The van der Waals surface area contributed by atoms with Crippen LogP contribution in [0.3, 0.4) is 0 Å². The van der Waals surface area contributed by atoms with Gasteiger partial charge < -0.3 is 10.2 Å². The molecule has 2 fully saturated rings. The highest BCUT2D eigenvalue weighted by atomic mass is 35.5. The lowest BCUT2D eigenvalue weighted by atomic mass is 9.85. The Kier molecular flexibility index (Phi) is 6.43. The predicted octanol–water partition coefficient (Wildman–Crippen LogP) is 6.88. The average Bonchev–Trinajstić information content (AvgIpc) is 3.01. The Morgan fingerprint density at radius 2 is 1.83 bits per heavy atom. The average molecular weight is 447 g/mol. The van der Waals surface area contributed by atoms with E-state index < -0.39 is 0 Å². The van der Waals surface area contributed by atoms with Crippen molar-refractivity contribution in [2.75, 3.05) is 5.32 Å². The molecule has 2 aliphatic rings. The Balaban J connectivity index is 1.67. The molecule has 2 aromatic rings. The van der Waals surface area contributed by atoms with E-state index in [0.29, 0.717) is 20.9 Å². The van der Waals surface area contributed by atoms with Crippen molar-refractivity contribution in [1.82, 2.24) is 4.90 Å². The van der Waals surface area contributed by atoms with Gasteiger partial charge in [-0.05, 0) is 48.6 Å². The minimum atomic E-state index is -0.139. The first-order valence-corrected chi connectivity index (χ1v) is 11.6. The van der Waals surface area contributed by atoms with Gasteiger partial charge in [-0.3, -0.25) is 4.79 Å². The molecule has 152 valence electrons. The fraction of sp³-hybridized carbons (Fsp3) is 0.348. The third-order valence-electron chi connectivity index (χ3n) is 5.69. The van der Waals surface area contributed by atoms with Crippen LogP contribution < -0.4 is 5.32 Å². The molecule has 0 spiro atoms. The van der Waals surface area contributed by atoms with Crippen molar-refractivity contribution in [3.05, 3.63) is 69.0 Å². The molecule has 0 bridgehead atoms. The first-order valence-electron chi connectivity index (χ1n) is 10.0. The Morgan fingerprint density at radius 1 is 1.07 bits per heavy atom. The SMILES string of the molecule is C[C@@H]1CCCC[C@H]1N1C(=O)/C(=C/c2cccc(Cl)c2Cl)SC1Nc1ccccc1. The molecule has 1 N–H and O–H groups in total. The lowest BCUT2D eigenvalue weighted by Crippen LogP contribution is -2.48. The highest BCUT2D eigenvalue weighted by Gasteiger charge is 2.42. The number of thioether (sulfide) groups is 1. The summed E-state index contributed by atoms with van der Waals surface area (Å²) in [5, 5.41) is 4.52. The van der Waals surface area contributed by atoms with Crippen molar-refractivity contribution < 1.29 is 4.79 Å². The number of benzene rings is 2. The Hall–Kier alpha value is -1.62. The van der Waals surface area contributed by atoms with E-state index in [0.717, 1.165) is 24.1 Å². The Labute approximate surface area is 186 Å². The van der Waals surface area contributed by atoms with Crippen LogP contribution in [-0.4, -0.2) is 22.3 Å². The smallest absolute Gasteiger partial charge is 0.262 e. The van der Waals surface area contributed by atoms with E-state index in [1.807, 2.05) is 53.4 Å². The molecule has 1 aliphatic heterocycles. The Bertz CT molecular complexity index is 918. The molecule has 0 radical (unpaired) electrons. The zero-order valence-corrected chi connectivity index (χ0v) is 18.6. The highest BCUT2D eigenvalue weighted by Crippen LogP contribution is 2.42. The van der Waals surface area contributed by atoms with Crippen LogP contribution in [0.4, 0.5) is 5.69 Å². The van der Waals surface area contributed by atoms with Gasteiger partial charge in [-0.15, -0.1) is 0 Å². The third-order valence-corrected chi connectivity index (χ3v) is 7.64. The topological polar surface area (TPSA) is 32.3 Å². The molecule has 4 rings (SSSR count). The summed E-state index contributed by atoms with van der Waals surface area (Å²) in [4.78, 5) is 16.2. The van der Waals surface area contributed by atoms with Crippen LogP contribution in [0.5, 0.6) is 0 Å². The zero-order chi connectivity index (χ0) is 20.4. The van der Waals surface area contributed by atoms with Crippen LogP contribution >= 0.6 is 35.0 Å². The summed E-state index contributed by atoms with van der Waals surface area (Å²) in [5.41, 5.74) is 1.64. The summed E-state index contributed by atoms with van der Waals surface area (Å²) in [6.07, 6.45) is 6.49. The summed E-state index contributed by atoms with van der Waals surface area (Å²) in [6.45, 7) is 2.26. The number of carbonyl (C=O) groups is 1. The zero-order valence-electron chi connectivity index (χ0n) is 16.3. The van der Waals surface area contributed by atoms with Crippen molar-refractivity contribution in [2.45, 2.75) is 44.1 Å². The van der Waals surface area contributed by atoms with Gasteiger partial charge in [0.2, 0.25) is 0 Å². The monoisotopic (exact) mass is 446 g/mol. The molecule has 1 unspecified atom stereocenters. The molecule has 1 saturated heterocycles. The van der Waals surface area contributed by atoms with Crippen LogP contribution in [0.15, 0.2) is 53.4 Å². The number of para-hydroxylation sites is 1. The van der Waals surface area contributed by atoms with Crippen molar-refractivity contribution in [2.24, 2.45) is 5.92 Å². The number of rotatable bonds is 4. The fourth-order valence-electron chi connectivity index (χ4n) is 4.14. The van der Waals surface area contributed by atoms with Crippen molar-refractivity contribution in [1.29, 1.82) is 0 Å². The summed E-state index contributed by atoms with van der Waals surface area (Å²) in [7, 11) is 0. The number of hydrogen-bond acceptors (Lipinski definition) is 3. The maximum absolute atomic E-state index is 13.5. The molecular formula is C23H24Cl2N2OS. The lowest BCUT2D eigenvalue weighted by Gasteiger charge is -2.39. The van der Waals surface area contributed by atoms with Gasteiger partial charge in [-0.25, -0.2) is 0 Å². The third kappa shape index (κ3) is 4.45. The number of nitrogens with one attached hydrogen (secondary N) is 1. The second-order valence-corrected chi connectivity index (χ2v) is 9.58. The maximum atomic E-state index is 13.5. The first kappa shape index (κ1) is 20.6. The molecule has 1 aliphatic carbocycles. The standard InChI is InChI=1S/C23H24Cl2N2OS/c1-15-8-5-6-13-19(15)27-22(28)20(14-16-9-7-12-18(24)21(16)25)29-23(27)26-17-10-3-2-4-11-17/h2-4,7,9-12,14-15,19,23,26H,5-6,8,13H2,1H3/b20-14-/t15-,19-,23?/m1/s1. The van der Waals surface area contributed by atoms with E-state index in [4.69, 9.17) is 23.2 Å². The number of anilines is 1. The van der Waals surface area contributed by atoms with Gasteiger partial charge in [0.05, 0.1) is 15.0 Å². The number of amides is 1. The van der Waals surface area contributed by atoms with Crippen molar-refractivity contribution >= 4 is 52.6 Å². The number of halogens is 2. The molecule has 3 nitrogen and oxygen atoms in total. The van der Waals surface area contributed by atoms with E-state index in [-0.39, 0.29) is 17.4 Å². The van der Waals surface area contributed by atoms with Gasteiger partial charge >= 0.3 is 0 Å². The first-order chi connectivity index (χ1) is 14.0. The molecule has 1 saturated carbocycles. The minimum Gasteiger partial charge on any atom is -0.356 e. The van der Waals surface area contributed by atoms with E-state index in [2.05, 4.69) is 12.2 Å². The summed E-state index contributed by atoms with van der Waals surface area (Å²) in [6, 6.07) is 15.8. The largest absolute Gasteiger partial charge is 0.356 e. The molecule has 2 aromatic carbocycles. The minimum absolute atomic E-state index is 0.0678. The van der Waals surface area contributed by atoms with E-state index in [1.54, 1.807) is 17.8 Å². The molecule has 1 heterocycles. The number of hydrogen-bond donors (Lipinski definition) is 1.